The van der Waals surface area contributed by atoms with Gasteiger partial charge in [0.15, 0.2) is 5.50 Å². The second-order valence-corrected chi connectivity index (χ2v) is 4.35. The van der Waals surface area contributed by atoms with Crippen LogP contribution in [0.25, 0.3) is 0 Å². The van der Waals surface area contributed by atoms with E-state index in [0.717, 1.165) is 0 Å². The minimum Gasteiger partial charge on any atom is -0.344 e. The lowest BCUT2D eigenvalue weighted by Crippen LogP contribution is -2.34. The summed E-state index contributed by atoms with van der Waals surface area (Å²) in [5, 5.41) is 1.86. The molecular weight excluding hydrogens is 204 g/mol. The fourth-order valence-corrected chi connectivity index (χ4v) is 2.64. The molecule has 0 fully saturated rings. The first kappa shape index (κ1) is 10.2. The van der Waals surface area contributed by atoms with Crippen molar-refractivity contribution in [3.63, 3.8) is 0 Å². The van der Waals surface area contributed by atoms with Gasteiger partial charge in [-0.25, -0.2) is 0 Å². The van der Waals surface area contributed by atoms with Gasteiger partial charge in [0, 0.05) is 7.05 Å². The van der Waals surface area contributed by atoms with E-state index in [1.807, 2.05) is 17.7 Å². The van der Waals surface area contributed by atoms with Gasteiger partial charge in [0.1, 0.15) is 0 Å². The van der Waals surface area contributed by atoms with Crippen molar-refractivity contribution in [1.29, 1.82) is 0 Å². The molecule has 0 saturated carbocycles. The molecule has 0 N–H and O–H groups in total. The Morgan fingerprint density at radius 1 is 1.27 bits per heavy atom. The van der Waals surface area contributed by atoms with E-state index < -0.39 is 0 Å². The Bertz CT molecular complexity index is 389. The van der Waals surface area contributed by atoms with Gasteiger partial charge in [-0.3, -0.25) is 0 Å². The van der Waals surface area contributed by atoms with Crippen molar-refractivity contribution >= 4 is 23.1 Å². The van der Waals surface area contributed by atoms with Crippen molar-refractivity contribution in [3.8, 4) is 0 Å². The third-order valence-electron chi connectivity index (χ3n) is 2.52. The predicted octanol–water partition coefficient (Wildman–Crippen LogP) is 3.25. The van der Waals surface area contributed by atoms with Gasteiger partial charge in [0.05, 0.1) is 11.4 Å². The molecule has 1 aliphatic rings. The lowest BCUT2D eigenvalue weighted by atomic mass is 10.2. The maximum Gasteiger partial charge on any atom is 0.158 e. The van der Waals surface area contributed by atoms with E-state index in [1.165, 1.54) is 11.4 Å². The van der Waals surface area contributed by atoms with Gasteiger partial charge in [-0.1, -0.05) is 37.1 Å². The van der Waals surface area contributed by atoms with Crippen LogP contribution in [0.2, 0.25) is 0 Å². The molecule has 1 heterocycles. The number of para-hydroxylation sites is 2. The van der Waals surface area contributed by atoms with E-state index in [0.29, 0.717) is 0 Å². The summed E-state index contributed by atoms with van der Waals surface area (Å²) in [7, 11) is 2.09. The molecule has 2 nitrogen and oxygen atoms in total. The Kier molecular flexibility index (Phi) is 2.73. The molecule has 1 atom stereocenters. The van der Waals surface area contributed by atoms with E-state index in [-0.39, 0.29) is 5.50 Å². The number of nitrogens with zero attached hydrogens (tertiary/aromatic N) is 2. The maximum absolute atomic E-state index is 3.86. The van der Waals surface area contributed by atoms with Gasteiger partial charge < -0.3 is 9.80 Å². The molecule has 0 aliphatic carbocycles. The summed E-state index contributed by atoms with van der Waals surface area (Å²) in [6.45, 7) is 7.63. The van der Waals surface area contributed by atoms with E-state index in [4.69, 9.17) is 0 Å². The molecule has 2 rings (SSSR count). The van der Waals surface area contributed by atoms with Crippen LogP contribution >= 0.6 is 11.8 Å². The summed E-state index contributed by atoms with van der Waals surface area (Å²) in [4.78, 5) is 4.38. The van der Waals surface area contributed by atoms with Crippen LogP contribution in [0.5, 0.6) is 0 Å². The SMILES string of the molecule is C=CSC1N(C)c2ccccc2N1C=C. The lowest BCUT2D eigenvalue weighted by molar-refractivity contribution is 0.887. The average Bonchev–Trinajstić information content (AvgIpc) is 2.54. The molecule has 0 radical (unpaired) electrons. The third-order valence-corrected chi connectivity index (χ3v) is 3.50. The summed E-state index contributed by atoms with van der Waals surface area (Å²) < 4.78 is 0. The first-order valence-electron chi connectivity index (χ1n) is 4.78. The number of rotatable bonds is 3. The largest absolute Gasteiger partial charge is 0.344 e. The molecule has 0 amide bonds. The first-order chi connectivity index (χ1) is 7.29. The average molecular weight is 218 g/mol. The maximum atomic E-state index is 3.86. The van der Waals surface area contributed by atoms with Crippen molar-refractivity contribution in [3.05, 3.63) is 49.0 Å². The molecule has 0 aromatic heterocycles. The number of hydrogen-bond donors (Lipinski definition) is 0. The van der Waals surface area contributed by atoms with E-state index in [9.17, 15) is 0 Å². The van der Waals surface area contributed by atoms with Gasteiger partial charge in [-0.2, -0.15) is 0 Å². The summed E-state index contributed by atoms with van der Waals surface area (Å²) in [6, 6.07) is 8.33. The normalized spacial score (nSPS) is 18.9. The molecule has 78 valence electrons. The van der Waals surface area contributed by atoms with Crippen LogP contribution in [0.1, 0.15) is 0 Å². The zero-order chi connectivity index (χ0) is 10.8. The quantitative estimate of drug-likeness (QED) is 0.769. The molecule has 1 unspecified atom stereocenters. The Morgan fingerprint density at radius 3 is 2.53 bits per heavy atom. The number of fused-ring (bicyclic) bond motifs is 1. The molecule has 0 spiro atoms. The van der Waals surface area contributed by atoms with Gasteiger partial charge in [0.2, 0.25) is 0 Å². The molecule has 15 heavy (non-hydrogen) atoms. The smallest absolute Gasteiger partial charge is 0.158 e. The van der Waals surface area contributed by atoms with Gasteiger partial charge in [0.25, 0.3) is 0 Å². The van der Waals surface area contributed by atoms with Crippen molar-refractivity contribution in [1.82, 2.24) is 0 Å². The molecular formula is C12H14N2S. The zero-order valence-corrected chi connectivity index (χ0v) is 9.57. The fourth-order valence-electron chi connectivity index (χ4n) is 1.84. The number of benzene rings is 1. The zero-order valence-electron chi connectivity index (χ0n) is 8.76. The molecule has 3 heteroatoms. The van der Waals surface area contributed by atoms with Crippen LogP contribution in [-0.2, 0) is 0 Å². The predicted molar refractivity (Wildman–Crippen MR) is 69.1 cm³/mol. The van der Waals surface area contributed by atoms with Crippen LogP contribution in [0.15, 0.2) is 49.0 Å². The molecule has 0 saturated heterocycles. The Hall–Kier alpha value is -1.35. The Balaban J connectivity index is 2.43. The second kappa shape index (κ2) is 4.03. The molecule has 1 aromatic rings. The number of thioether (sulfide) groups is 1. The molecule has 1 aromatic carbocycles. The van der Waals surface area contributed by atoms with Gasteiger partial charge in [-0.15, -0.1) is 0 Å². The highest BCUT2D eigenvalue weighted by atomic mass is 32.2. The van der Waals surface area contributed by atoms with Crippen LogP contribution in [0, 0.1) is 0 Å². The summed E-state index contributed by atoms with van der Waals surface area (Å²) in [6.07, 6.45) is 1.86. The first-order valence-corrected chi connectivity index (χ1v) is 5.73. The van der Waals surface area contributed by atoms with Crippen molar-refractivity contribution < 1.29 is 0 Å². The lowest BCUT2D eigenvalue weighted by Gasteiger charge is -2.26. The van der Waals surface area contributed by atoms with E-state index in [2.05, 4.69) is 48.2 Å². The van der Waals surface area contributed by atoms with Gasteiger partial charge in [-0.05, 0) is 23.7 Å². The van der Waals surface area contributed by atoms with Crippen LogP contribution in [0.4, 0.5) is 11.4 Å². The monoisotopic (exact) mass is 218 g/mol. The summed E-state index contributed by atoms with van der Waals surface area (Å²) >= 11 is 1.68. The van der Waals surface area contributed by atoms with Gasteiger partial charge >= 0.3 is 0 Å². The van der Waals surface area contributed by atoms with E-state index in [1.54, 1.807) is 11.8 Å². The highest BCUT2D eigenvalue weighted by Gasteiger charge is 2.31. The Labute approximate surface area is 94.9 Å². The van der Waals surface area contributed by atoms with Crippen LogP contribution in [0.3, 0.4) is 0 Å². The third kappa shape index (κ3) is 1.53. The number of hydrogen-bond acceptors (Lipinski definition) is 3. The minimum atomic E-state index is 0.234. The number of anilines is 2. The van der Waals surface area contributed by atoms with Crippen molar-refractivity contribution in [2.75, 3.05) is 16.8 Å². The standard InChI is InChI=1S/C12H14N2S/c1-4-14-11-9-7-6-8-10(11)13(3)12(14)15-5-2/h4-9,12H,1-2H2,3H3. The molecule has 1 aliphatic heterocycles. The summed E-state index contributed by atoms with van der Waals surface area (Å²) in [5.74, 6) is 0. The van der Waals surface area contributed by atoms with Crippen molar-refractivity contribution in [2.45, 2.75) is 5.50 Å². The summed E-state index contributed by atoms with van der Waals surface area (Å²) in [5.41, 5.74) is 2.67. The minimum absolute atomic E-state index is 0.234. The van der Waals surface area contributed by atoms with E-state index >= 15 is 0 Å². The van der Waals surface area contributed by atoms with Crippen molar-refractivity contribution in [2.24, 2.45) is 0 Å². The Morgan fingerprint density at radius 2 is 1.93 bits per heavy atom. The van der Waals surface area contributed by atoms with Crippen LogP contribution < -0.4 is 9.80 Å². The molecule has 0 bridgehead atoms. The second-order valence-electron chi connectivity index (χ2n) is 3.32. The fraction of sp³-hybridized carbons (Fsp3) is 0.167. The highest BCUT2D eigenvalue weighted by molar-refractivity contribution is 8.02. The van der Waals surface area contributed by atoms with Crippen LogP contribution in [-0.4, -0.2) is 12.5 Å². The topological polar surface area (TPSA) is 6.48 Å². The highest BCUT2D eigenvalue weighted by Crippen LogP contribution is 2.42.